The van der Waals surface area contributed by atoms with Crippen LogP contribution in [0.25, 0.3) is 5.69 Å². The van der Waals surface area contributed by atoms with E-state index in [2.05, 4.69) is 21.7 Å². The van der Waals surface area contributed by atoms with Crippen molar-refractivity contribution in [3.63, 3.8) is 0 Å². The van der Waals surface area contributed by atoms with Crippen LogP contribution in [0.3, 0.4) is 0 Å². The van der Waals surface area contributed by atoms with Gasteiger partial charge in [0.25, 0.3) is 0 Å². The Balaban J connectivity index is 1.72. The molecule has 2 heterocycles. The summed E-state index contributed by atoms with van der Waals surface area (Å²) in [5.41, 5.74) is 1.37. The molecule has 1 aliphatic heterocycles. The number of aromatic nitrogens is 3. The molecule has 1 fully saturated rings. The van der Waals surface area contributed by atoms with E-state index in [0.29, 0.717) is 24.7 Å². The van der Waals surface area contributed by atoms with Gasteiger partial charge < -0.3 is 0 Å². The standard InChI is InChI=1S/C14H19N5O2S/c1-12-3-2-8-18(9-12)22(20,21)17-13-4-6-14(7-5-13)19-11-15-10-16-19/h4-7,10-12,17H,2-3,8-9H2,1H3. The van der Waals surface area contributed by atoms with E-state index >= 15 is 0 Å². The van der Waals surface area contributed by atoms with Crippen molar-refractivity contribution in [2.75, 3.05) is 17.8 Å². The predicted octanol–water partition coefficient (Wildman–Crippen LogP) is 1.66. The first-order valence-electron chi connectivity index (χ1n) is 7.27. The molecule has 0 spiro atoms. The average molecular weight is 321 g/mol. The van der Waals surface area contributed by atoms with Crippen LogP contribution < -0.4 is 4.72 Å². The second-order valence-corrected chi connectivity index (χ2v) is 7.27. The van der Waals surface area contributed by atoms with Gasteiger partial charge in [0.05, 0.1) is 5.69 Å². The largest absolute Gasteiger partial charge is 0.301 e. The van der Waals surface area contributed by atoms with Crippen molar-refractivity contribution in [1.82, 2.24) is 19.1 Å². The van der Waals surface area contributed by atoms with E-state index in [-0.39, 0.29) is 0 Å². The third kappa shape index (κ3) is 3.28. The first kappa shape index (κ1) is 15.0. The molecular weight excluding hydrogens is 302 g/mol. The second-order valence-electron chi connectivity index (χ2n) is 5.60. The van der Waals surface area contributed by atoms with E-state index < -0.39 is 10.2 Å². The van der Waals surface area contributed by atoms with Crippen LogP contribution in [0.2, 0.25) is 0 Å². The van der Waals surface area contributed by atoms with Gasteiger partial charge in [0.1, 0.15) is 12.7 Å². The number of nitrogens with one attached hydrogen (secondary N) is 1. The molecule has 1 aromatic heterocycles. The molecule has 118 valence electrons. The molecule has 3 rings (SSSR count). The lowest BCUT2D eigenvalue weighted by Crippen LogP contribution is -2.42. The van der Waals surface area contributed by atoms with E-state index in [9.17, 15) is 8.42 Å². The molecule has 1 aliphatic rings. The van der Waals surface area contributed by atoms with Crippen LogP contribution >= 0.6 is 0 Å². The van der Waals surface area contributed by atoms with Gasteiger partial charge >= 0.3 is 10.2 Å². The SMILES string of the molecule is CC1CCCN(S(=O)(=O)Nc2ccc(-n3cncn3)cc2)C1. The molecule has 1 aromatic carbocycles. The fourth-order valence-electron chi connectivity index (χ4n) is 2.60. The smallest absolute Gasteiger partial charge is 0.271 e. The van der Waals surface area contributed by atoms with E-state index in [1.54, 1.807) is 35.3 Å². The molecular formula is C14H19N5O2S. The Morgan fingerprint density at radius 1 is 1.27 bits per heavy atom. The fourth-order valence-corrected chi connectivity index (χ4v) is 3.99. The maximum absolute atomic E-state index is 12.4. The molecule has 0 saturated carbocycles. The van der Waals surface area contributed by atoms with Crippen LogP contribution in [0.4, 0.5) is 5.69 Å². The summed E-state index contributed by atoms with van der Waals surface area (Å²) in [6.45, 7) is 3.23. The van der Waals surface area contributed by atoms with Crippen molar-refractivity contribution >= 4 is 15.9 Å². The van der Waals surface area contributed by atoms with E-state index in [1.165, 1.54) is 10.6 Å². The van der Waals surface area contributed by atoms with Gasteiger partial charge in [0.2, 0.25) is 0 Å². The van der Waals surface area contributed by atoms with Gasteiger partial charge in [-0.3, -0.25) is 4.72 Å². The van der Waals surface area contributed by atoms with Gasteiger partial charge in [-0.15, -0.1) is 0 Å². The van der Waals surface area contributed by atoms with Gasteiger partial charge in [0.15, 0.2) is 0 Å². The molecule has 1 saturated heterocycles. The Morgan fingerprint density at radius 2 is 2.05 bits per heavy atom. The summed E-state index contributed by atoms with van der Waals surface area (Å²) < 4.78 is 30.6. The highest BCUT2D eigenvalue weighted by Gasteiger charge is 2.26. The van der Waals surface area contributed by atoms with Crippen LogP contribution in [0.5, 0.6) is 0 Å². The van der Waals surface area contributed by atoms with Crippen LogP contribution in [-0.2, 0) is 10.2 Å². The van der Waals surface area contributed by atoms with Gasteiger partial charge in [-0.2, -0.15) is 17.8 Å². The Morgan fingerprint density at radius 3 is 2.68 bits per heavy atom. The molecule has 1 N–H and O–H groups in total. The molecule has 0 aliphatic carbocycles. The zero-order valence-electron chi connectivity index (χ0n) is 12.4. The third-order valence-electron chi connectivity index (χ3n) is 3.76. The molecule has 8 heteroatoms. The summed E-state index contributed by atoms with van der Waals surface area (Å²) in [6.07, 6.45) is 5.04. The summed E-state index contributed by atoms with van der Waals surface area (Å²) in [5.74, 6) is 0.403. The number of benzene rings is 1. The minimum absolute atomic E-state index is 0.403. The molecule has 0 radical (unpaired) electrons. The topological polar surface area (TPSA) is 80.1 Å². The van der Waals surface area contributed by atoms with Crippen LogP contribution in [0.15, 0.2) is 36.9 Å². The number of anilines is 1. The minimum Gasteiger partial charge on any atom is -0.271 e. The summed E-state index contributed by atoms with van der Waals surface area (Å²) >= 11 is 0. The van der Waals surface area contributed by atoms with Crippen LogP contribution in [0.1, 0.15) is 19.8 Å². The number of nitrogens with zero attached hydrogens (tertiary/aromatic N) is 4. The van der Waals surface area contributed by atoms with Crippen molar-refractivity contribution in [2.24, 2.45) is 5.92 Å². The summed E-state index contributed by atoms with van der Waals surface area (Å²) in [5, 5.41) is 4.03. The normalized spacial score (nSPS) is 20.0. The molecule has 0 amide bonds. The molecule has 1 atom stereocenters. The summed E-state index contributed by atoms with van der Waals surface area (Å²) in [4.78, 5) is 3.88. The second kappa shape index (κ2) is 6.05. The maximum atomic E-state index is 12.4. The quantitative estimate of drug-likeness (QED) is 0.928. The van der Waals surface area contributed by atoms with Crippen molar-refractivity contribution in [2.45, 2.75) is 19.8 Å². The molecule has 1 unspecified atom stereocenters. The maximum Gasteiger partial charge on any atom is 0.301 e. The van der Waals surface area contributed by atoms with Crippen molar-refractivity contribution in [3.05, 3.63) is 36.9 Å². The van der Waals surface area contributed by atoms with Gasteiger partial charge in [0, 0.05) is 18.8 Å². The Kier molecular flexibility index (Phi) is 4.12. The van der Waals surface area contributed by atoms with E-state index in [4.69, 9.17) is 0 Å². The fraction of sp³-hybridized carbons (Fsp3) is 0.429. The number of piperidine rings is 1. The first-order valence-corrected chi connectivity index (χ1v) is 8.71. The van der Waals surface area contributed by atoms with Crippen molar-refractivity contribution in [1.29, 1.82) is 0 Å². The van der Waals surface area contributed by atoms with E-state index in [1.807, 2.05) is 0 Å². The Bertz CT molecular complexity index is 712. The Labute approximate surface area is 130 Å². The van der Waals surface area contributed by atoms with Gasteiger partial charge in [-0.05, 0) is 43.0 Å². The van der Waals surface area contributed by atoms with Crippen molar-refractivity contribution in [3.8, 4) is 5.69 Å². The molecule has 7 nitrogen and oxygen atoms in total. The third-order valence-corrected chi connectivity index (χ3v) is 5.26. The first-order chi connectivity index (χ1) is 10.5. The minimum atomic E-state index is -3.49. The lowest BCUT2D eigenvalue weighted by atomic mass is 10.0. The highest BCUT2D eigenvalue weighted by Crippen LogP contribution is 2.20. The molecule has 2 aromatic rings. The zero-order chi connectivity index (χ0) is 15.6. The highest BCUT2D eigenvalue weighted by molar-refractivity contribution is 7.90. The average Bonchev–Trinajstić information content (AvgIpc) is 3.02. The van der Waals surface area contributed by atoms with Crippen molar-refractivity contribution < 1.29 is 8.42 Å². The van der Waals surface area contributed by atoms with E-state index in [0.717, 1.165) is 18.5 Å². The monoisotopic (exact) mass is 321 g/mol. The zero-order valence-corrected chi connectivity index (χ0v) is 13.2. The molecule has 22 heavy (non-hydrogen) atoms. The predicted molar refractivity (Wildman–Crippen MR) is 83.9 cm³/mol. The van der Waals surface area contributed by atoms with Crippen LogP contribution in [0, 0.1) is 5.92 Å². The highest BCUT2D eigenvalue weighted by atomic mass is 32.2. The molecule has 0 bridgehead atoms. The number of hydrogen-bond acceptors (Lipinski definition) is 4. The number of rotatable bonds is 4. The lowest BCUT2D eigenvalue weighted by Gasteiger charge is -2.30. The summed E-state index contributed by atoms with van der Waals surface area (Å²) in [7, 11) is -3.49. The summed E-state index contributed by atoms with van der Waals surface area (Å²) in [6, 6.07) is 7.04. The Hall–Kier alpha value is -1.93. The van der Waals surface area contributed by atoms with Crippen LogP contribution in [-0.4, -0.2) is 40.6 Å². The van der Waals surface area contributed by atoms with Gasteiger partial charge in [-0.25, -0.2) is 9.67 Å². The lowest BCUT2D eigenvalue weighted by molar-refractivity contribution is 0.282. The number of hydrogen-bond donors (Lipinski definition) is 1. The van der Waals surface area contributed by atoms with Gasteiger partial charge in [-0.1, -0.05) is 6.92 Å².